The molecule has 6 nitrogen and oxygen atoms in total. The number of carbonyl (C=O) groups is 1. The van der Waals surface area contributed by atoms with Crippen molar-refractivity contribution in [3.05, 3.63) is 41.3 Å². The first-order valence-electron chi connectivity index (χ1n) is 5.27. The van der Waals surface area contributed by atoms with E-state index < -0.39 is 5.91 Å². The van der Waals surface area contributed by atoms with Gasteiger partial charge in [0.05, 0.1) is 0 Å². The second kappa shape index (κ2) is 5.26. The number of nitrogens with zero attached hydrogens (tertiary/aromatic N) is 2. The Morgan fingerprint density at radius 1 is 1.33 bits per heavy atom. The Morgan fingerprint density at radius 3 is 2.67 bits per heavy atom. The van der Waals surface area contributed by atoms with Gasteiger partial charge in [-0.25, -0.2) is 9.02 Å². The van der Waals surface area contributed by atoms with Gasteiger partial charge in [0.2, 0.25) is 11.5 Å². The normalized spacial score (nSPS) is 10.3. The highest BCUT2D eigenvalue weighted by Crippen LogP contribution is 2.05. The average Bonchev–Trinajstić information content (AvgIpc) is 2.78. The molecule has 0 aliphatic heterocycles. The van der Waals surface area contributed by atoms with Gasteiger partial charge in [-0.2, -0.15) is 0 Å². The summed E-state index contributed by atoms with van der Waals surface area (Å²) in [4.78, 5) is 11.6. The number of benzene rings is 1. The van der Waals surface area contributed by atoms with Crippen LogP contribution in [0.2, 0.25) is 0 Å². The number of halogens is 1. The van der Waals surface area contributed by atoms with Gasteiger partial charge in [-0.15, -0.1) is 0 Å². The molecule has 0 aliphatic rings. The molecule has 0 radical (unpaired) electrons. The molecule has 0 aliphatic carbocycles. The zero-order valence-corrected chi connectivity index (χ0v) is 9.39. The molecule has 2 aromatic rings. The molecule has 1 aromatic heterocycles. The van der Waals surface area contributed by atoms with Crippen molar-refractivity contribution in [1.29, 1.82) is 0 Å². The minimum atomic E-state index is -0.448. The number of nitrogen functional groups attached to an aromatic ring is 1. The van der Waals surface area contributed by atoms with Gasteiger partial charge in [0.25, 0.3) is 5.91 Å². The fourth-order valence-corrected chi connectivity index (χ4v) is 1.41. The van der Waals surface area contributed by atoms with E-state index in [9.17, 15) is 9.18 Å². The zero-order chi connectivity index (χ0) is 13.0. The molecule has 0 unspecified atom stereocenters. The predicted molar refractivity (Wildman–Crippen MR) is 61.1 cm³/mol. The van der Waals surface area contributed by atoms with Crippen molar-refractivity contribution in [3.63, 3.8) is 0 Å². The summed E-state index contributed by atoms with van der Waals surface area (Å²) in [5, 5.41) is 9.30. The van der Waals surface area contributed by atoms with E-state index in [1.807, 2.05) is 0 Å². The monoisotopic (exact) mass is 250 g/mol. The Bertz CT molecular complexity index is 538. The molecule has 1 amide bonds. The zero-order valence-electron chi connectivity index (χ0n) is 9.39. The van der Waals surface area contributed by atoms with Crippen LogP contribution in [0.3, 0.4) is 0 Å². The fraction of sp³-hybridized carbons (Fsp3) is 0.182. The largest absolute Gasteiger partial charge is 0.379 e. The highest BCUT2D eigenvalue weighted by atomic mass is 19.1. The van der Waals surface area contributed by atoms with Gasteiger partial charge in [-0.3, -0.25) is 4.79 Å². The lowest BCUT2D eigenvalue weighted by Crippen LogP contribution is -2.26. The Labute approximate surface area is 102 Å². The van der Waals surface area contributed by atoms with E-state index in [4.69, 9.17) is 5.73 Å². The van der Waals surface area contributed by atoms with Crippen molar-refractivity contribution in [3.8, 4) is 0 Å². The second-order valence-corrected chi connectivity index (χ2v) is 3.63. The van der Waals surface area contributed by atoms with E-state index in [1.54, 1.807) is 12.1 Å². The number of carbonyl (C=O) groups excluding carboxylic acids is 1. The number of anilines is 1. The minimum Gasteiger partial charge on any atom is -0.379 e. The van der Waals surface area contributed by atoms with Crippen LogP contribution in [0.4, 0.5) is 10.2 Å². The third-order valence-electron chi connectivity index (χ3n) is 2.34. The molecule has 7 heteroatoms. The lowest BCUT2D eigenvalue weighted by molar-refractivity contribution is 0.0945. The molecule has 0 spiro atoms. The minimum absolute atomic E-state index is 0.0332. The summed E-state index contributed by atoms with van der Waals surface area (Å²) in [7, 11) is 0. The van der Waals surface area contributed by atoms with Crippen molar-refractivity contribution in [2.75, 3.05) is 12.3 Å². The van der Waals surface area contributed by atoms with Crippen LogP contribution >= 0.6 is 0 Å². The molecule has 18 heavy (non-hydrogen) atoms. The predicted octanol–water partition coefficient (Wildman–Crippen LogP) is 0.763. The summed E-state index contributed by atoms with van der Waals surface area (Å²) in [5.74, 6) is -0.783. The number of rotatable bonds is 4. The van der Waals surface area contributed by atoms with Crippen LogP contribution < -0.4 is 11.1 Å². The van der Waals surface area contributed by atoms with Gasteiger partial charge in [-0.05, 0) is 34.4 Å². The highest BCUT2D eigenvalue weighted by Gasteiger charge is 2.14. The van der Waals surface area contributed by atoms with Crippen LogP contribution in [0.5, 0.6) is 0 Å². The SMILES string of the molecule is Nc1nonc1C(=O)NCCc1ccc(F)cc1. The van der Waals surface area contributed by atoms with E-state index in [1.165, 1.54) is 12.1 Å². The Balaban J connectivity index is 1.84. The van der Waals surface area contributed by atoms with Gasteiger partial charge in [0, 0.05) is 6.54 Å². The maximum Gasteiger partial charge on any atom is 0.277 e. The van der Waals surface area contributed by atoms with E-state index >= 15 is 0 Å². The van der Waals surface area contributed by atoms with Gasteiger partial charge in [-0.1, -0.05) is 12.1 Å². The van der Waals surface area contributed by atoms with Gasteiger partial charge < -0.3 is 11.1 Å². The molecule has 0 fully saturated rings. The summed E-state index contributed by atoms with van der Waals surface area (Å²) < 4.78 is 17.0. The van der Waals surface area contributed by atoms with Crippen LogP contribution in [-0.4, -0.2) is 22.8 Å². The number of hydrogen-bond acceptors (Lipinski definition) is 5. The topological polar surface area (TPSA) is 94.0 Å². The second-order valence-electron chi connectivity index (χ2n) is 3.63. The maximum absolute atomic E-state index is 12.7. The number of nitrogens with two attached hydrogens (primary N) is 1. The van der Waals surface area contributed by atoms with E-state index in [-0.39, 0.29) is 17.3 Å². The van der Waals surface area contributed by atoms with E-state index in [0.29, 0.717) is 13.0 Å². The molecular formula is C11H11FN4O2. The summed E-state index contributed by atoms with van der Waals surface area (Å²) in [6, 6.07) is 6.06. The lowest BCUT2D eigenvalue weighted by atomic mass is 10.1. The molecule has 0 bridgehead atoms. The quantitative estimate of drug-likeness (QED) is 0.835. The van der Waals surface area contributed by atoms with Crippen LogP contribution in [-0.2, 0) is 6.42 Å². The standard InChI is InChI=1S/C11H11FN4O2/c12-8-3-1-7(2-4-8)5-6-14-11(17)9-10(13)16-18-15-9/h1-4H,5-6H2,(H2,13,16)(H,14,17). The van der Waals surface area contributed by atoms with Crippen molar-refractivity contribution >= 4 is 11.7 Å². The van der Waals surface area contributed by atoms with Crippen LogP contribution in [0, 0.1) is 5.82 Å². The number of hydrogen-bond donors (Lipinski definition) is 2. The Morgan fingerprint density at radius 2 is 2.06 bits per heavy atom. The number of nitrogens with one attached hydrogen (secondary N) is 1. The van der Waals surface area contributed by atoms with Crippen molar-refractivity contribution < 1.29 is 13.8 Å². The van der Waals surface area contributed by atoms with Crippen LogP contribution in [0.25, 0.3) is 0 Å². The third-order valence-corrected chi connectivity index (χ3v) is 2.34. The van der Waals surface area contributed by atoms with Gasteiger partial charge >= 0.3 is 0 Å². The summed E-state index contributed by atoms with van der Waals surface area (Å²) in [5.41, 5.74) is 6.26. The molecule has 0 saturated heterocycles. The summed E-state index contributed by atoms with van der Waals surface area (Å²) in [6.07, 6.45) is 0.581. The Kier molecular flexibility index (Phi) is 3.52. The lowest BCUT2D eigenvalue weighted by Gasteiger charge is -2.03. The smallest absolute Gasteiger partial charge is 0.277 e. The first kappa shape index (κ1) is 12.0. The van der Waals surface area contributed by atoms with E-state index in [2.05, 4.69) is 20.3 Å². The molecule has 0 saturated carbocycles. The molecular weight excluding hydrogens is 239 g/mol. The summed E-state index contributed by atoms with van der Waals surface area (Å²) >= 11 is 0. The number of amides is 1. The first-order chi connectivity index (χ1) is 8.66. The number of aromatic nitrogens is 2. The molecule has 2 rings (SSSR count). The fourth-order valence-electron chi connectivity index (χ4n) is 1.41. The Hall–Kier alpha value is -2.44. The summed E-state index contributed by atoms with van der Waals surface area (Å²) in [6.45, 7) is 0.386. The molecule has 94 valence electrons. The molecule has 3 N–H and O–H groups in total. The van der Waals surface area contributed by atoms with Gasteiger partial charge in [0.15, 0.2) is 0 Å². The molecule has 1 heterocycles. The third kappa shape index (κ3) is 2.82. The molecule has 1 aromatic carbocycles. The molecule has 0 atom stereocenters. The van der Waals surface area contributed by atoms with Crippen molar-refractivity contribution in [1.82, 2.24) is 15.6 Å². The maximum atomic E-state index is 12.7. The van der Waals surface area contributed by atoms with E-state index in [0.717, 1.165) is 5.56 Å². The van der Waals surface area contributed by atoms with Crippen LogP contribution in [0.1, 0.15) is 16.1 Å². The first-order valence-corrected chi connectivity index (χ1v) is 5.27. The van der Waals surface area contributed by atoms with Crippen molar-refractivity contribution in [2.45, 2.75) is 6.42 Å². The highest BCUT2D eigenvalue weighted by molar-refractivity contribution is 5.95. The van der Waals surface area contributed by atoms with Crippen LogP contribution in [0.15, 0.2) is 28.9 Å². The average molecular weight is 250 g/mol. The van der Waals surface area contributed by atoms with Crippen molar-refractivity contribution in [2.24, 2.45) is 0 Å². The van der Waals surface area contributed by atoms with Gasteiger partial charge in [0.1, 0.15) is 5.82 Å².